The molecule has 0 aromatic heterocycles. The number of hydrogen-bond acceptors (Lipinski definition) is 2. The summed E-state index contributed by atoms with van der Waals surface area (Å²) in [7, 11) is 1.92. The van der Waals surface area contributed by atoms with Crippen LogP contribution in [0.15, 0.2) is 5.10 Å². The molecular formula is C4H7N2. The first-order valence-electron chi connectivity index (χ1n) is 1.98. The zero-order chi connectivity index (χ0) is 4.41. The maximum atomic E-state index is 3.89. The molecule has 1 aliphatic rings. The summed E-state index contributed by atoms with van der Waals surface area (Å²) in [6, 6.07) is 0. The second kappa shape index (κ2) is 1.29. The summed E-state index contributed by atoms with van der Waals surface area (Å²) in [5.74, 6) is 0. The second-order valence-electron chi connectivity index (χ2n) is 1.29. The van der Waals surface area contributed by atoms with Crippen LogP contribution in [-0.4, -0.2) is 18.3 Å². The van der Waals surface area contributed by atoms with Gasteiger partial charge in [0.2, 0.25) is 0 Å². The molecule has 0 N–H and O–H groups in total. The van der Waals surface area contributed by atoms with E-state index in [1.807, 2.05) is 19.8 Å². The van der Waals surface area contributed by atoms with Gasteiger partial charge in [0, 0.05) is 19.7 Å². The fourth-order valence-electron chi connectivity index (χ4n) is 0.423. The molecule has 1 radical (unpaired) electrons. The molecule has 33 valence electrons. The third-order valence-electron chi connectivity index (χ3n) is 0.739. The molecule has 1 aliphatic heterocycles. The molecule has 0 spiro atoms. The smallest absolute Gasteiger partial charge is 0.0740 e. The highest BCUT2D eigenvalue weighted by Crippen LogP contribution is 1.98. The van der Waals surface area contributed by atoms with Crippen molar-refractivity contribution in [3.8, 4) is 0 Å². The van der Waals surface area contributed by atoms with Gasteiger partial charge in [0.05, 0.1) is 6.54 Å². The first kappa shape index (κ1) is 3.65. The van der Waals surface area contributed by atoms with Crippen LogP contribution in [0.3, 0.4) is 0 Å². The molecule has 0 atom stereocenters. The average molecular weight is 83.1 g/mol. The Morgan fingerprint density at radius 2 is 2.67 bits per heavy atom. The predicted molar refractivity (Wildman–Crippen MR) is 25.2 cm³/mol. The van der Waals surface area contributed by atoms with Crippen molar-refractivity contribution in [1.29, 1.82) is 0 Å². The molecule has 0 aromatic rings. The summed E-state index contributed by atoms with van der Waals surface area (Å²) < 4.78 is 0. The van der Waals surface area contributed by atoms with Crippen molar-refractivity contribution in [2.75, 3.05) is 7.05 Å². The quantitative estimate of drug-likeness (QED) is 0.415. The minimum absolute atomic E-state index is 0.997. The SMILES string of the molecule is CN1[CH]CC=N1. The fraction of sp³-hybridized carbons (Fsp3) is 0.500. The Labute approximate surface area is 37.5 Å². The van der Waals surface area contributed by atoms with Crippen molar-refractivity contribution < 1.29 is 0 Å². The van der Waals surface area contributed by atoms with Crippen molar-refractivity contribution in [2.45, 2.75) is 6.42 Å². The Kier molecular flexibility index (Phi) is 0.783. The maximum Gasteiger partial charge on any atom is 0.0740 e. The largest absolute Gasteiger partial charge is 0.295 e. The van der Waals surface area contributed by atoms with E-state index in [-0.39, 0.29) is 0 Å². The molecule has 0 aliphatic carbocycles. The van der Waals surface area contributed by atoms with Crippen molar-refractivity contribution in [3.05, 3.63) is 6.54 Å². The summed E-state index contributed by atoms with van der Waals surface area (Å²) in [6.07, 6.45) is 2.87. The van der Waals surface area contributed by atoms with Gasteiger partial charge >= 0.3 is 0 Å². The van der Waals surface area contributed by atoms with Gasteiger partial charge < -0.3 is 0 Å². The molecule has 1 rings (SSSR count). The molecule has 0 amide bonds. The van der Waals surface area contributed by atoms with E-state index >= 15 is 0 Å². The lowest BCUT2D eigenvalue weighted by Crippen LogP contribution is -1.98. The average Bonchev–Trinajstić information content (AvgIpc) is 1.86. The maximum absolute atomic E-state index is 3.89. The van der Waals surface area contributed by atoms with Crippen LogP contribution in [0.25, 0.3) is 0 Å². The Morgan fingerprint density at radius 3 is 2.83 bits per heavy atom. The molecule has 0 bridgehead atoms. The number of rotatable bonds is 0. The highest BCUT2D eigenvalue weighted by molar-refractivity contribution is 5.60. The minimum atomic E-state index is 0.997. The predicted octanol–water partition coefficient (Wildman–Crippen LogP) is 0.469. The first-order chi connectivity index (χ1) is 2.89. The van der Waals surface area contributed by atoms with Crippen LogP contribution in [0.1, 0.15) is 6.42 Å². The summed E-state index contributed by atoms with van der Waals surface area (Å²) >= 11 is 0. The number of hydrogen-bond donors (Lipinski definition) is 0. The molecule has 0 saturated carbocycles. The molecule has 1 heterocycles. The van der Waals surface area contributed by atoms with Gasteiger partial charge in [0.1, 0.15) is 0 Å². The second-order valence-corrected chi connectivity index (χ2v) is 1.29. The van der Waals surface area contributed by atoms with Crippen LogP contribution >= 0.6 is 0 Å². The van der Waals surface area contributed by atoms with E-state index in [9.17, 15) is 0 Å². The summed E-state index contributed by atoms with van der Waals surface area (Å²) in [5.41, 5.74) is 0. The molecule has 0 aromatic carbocycles. The van der Waals surface area contributed by atoms with Gasteiger partial charge in [-0.05, 0) is 0 Å². The molecule has 2 nitrogen and oxygen atoms in total. The van der Waals surface area contributed by atoms with Gasteiger partial charge in [-0.3, -0.25) is 5.01 Å². The highest BCUT2D eigenvalue weighted by atomic mass is 15.4. The molecular weight excluding hydrogens is 76.1 g/mol. The zero-order valence-corrected chi connectivity index (χ0v) is 3.76. The Hall–Kier alpha value is -0.530. The lowest BCUT2D eigenvalue weighted by molar-refractivity contribution is 0.457. The van der Waals surface area contributed by atoms with Crippen molar-refractivity contribution in [1.82, 2.24) is 5.01 Å². The number of hydrazone groups is 1. The van der Waals surface area contributed by atoms with Gasteiger partial charge in [-0.2, -0.15) is 5.10 Å². The first-order valence-corrected chi connectivity index (χ1v) is 1.98. The third kappa shape index (κ3) is 0.506. The normalized spacial score (nSPS) is 19.8. The van der Waals surface area contributed by atoms with Crippen LogP contribution in [-0.2, 0) is 0 Å². The Morgan fingerprint density at radius 1 is 1.83 bits per heavy atom. The van der Waals surface area contributed by atoms with Crippen LogP contribution < -0.4 is 0 Å². The molecule has 0 fully saturated rings. The zero-order valence-electron chi connectivity index (χ0n) is 3.76. The van der Waals surface area contributed by atoms with Gasteiger partial charge in [0.15, 0.2) is 0 Å². The topological polar surface area (TPSA) is 15.6 Å². The lowest BCUT2D eigenvalue weighted by Gasteiger charge is -1.99. The molecule has 2 heteroatoms. The third-order valence-corrected chi connectivity index (χ3v) is 0.739. The fourth-order valence-corrected chi connectivity index (χ4v) is 0.423. The summed E-state index contributed by atoms with van der Waals surface area (Å²) in [5, 5.41) is 5.69. The van der Waals surface area contributed by atoms with E-state index in [1.54, 1.807) is 5.01 Å². The minimum Gasteiger partial charge on any atom is -0.295 e. The van der Waals surface area contributed by atoms with E-state index in [0.717, 1.165) is 6.42 Å². The van der Waals surface area contributed by atoms with E-state index in [0.29, 0.717) is 0 Å². The van der Waals surface area contributed by atoms with Crippen LogP contribution in [0.2, 0.25) is 0 Å². The highest BCUT2D eigenvalue weighted by Gasteiger charge is 1.95. The summed E-state index contributed by atoms with van der Waals surface area (Å²) in [4.78, 5) is 0. The van der Waals surface area contributed by atoms with E-state index in [2.05, 4.69) is 5.10 Å². The van der Waals surface area contributed by atoms with Crippen LogP contribution in [0.5, 0.6) is 0 Å². The van der Waals surface area contributed by atoms with E-state index < -0.39 is 0 Å². The number of nitrogens with zero attached hydrogens (tertiary/aromatic N) is 2. The molecule has 0 unspecified atom stereocenters. The van der Waals surface area contributed by atoms with Gasteiger partial charge in [-0.25, -0.2) is 0 Å². The van der Waals surface area contributed by atoms with Crippen LogP contribution in [0.4, 0.5) is 0 Å². The Bertz CT molecular complexity index is 67.9. The van der Waals surface area contributed by atoms with Gasteiger partial charge in [-0.15, -0.1) is 0 Å². The molecule has 0 saturated heterocycles. The lowest BCUT2D eigenvalue weighted by atomic mass is 10.5. The van der Waals surface area contributed by atoms with Gasteiger partial charge in [0.25, 0.3) is 0 Å². The van der Waals surface area contributed by atoms with Crippen molar-refractivity contribution in [3.63, 3.8) is 0 Å². The van der Waals surface area contributed by atoms with E-state index in [4.69, 9.17) is 0 Å². The Balaban J connectivity index is 2.38. The monoisotopic (exact) mass is 83.1 g/mol. The van der Waals surface area contributed by atoms with Gasteiger partial charge in [-0.1, -0.05) is 0 Å². The van der Waals surface area contributed by atoms with E-state index in [1.165, 1.54) is 0 Å². The van der Waals surface area contributed by atoms with Crippen molar-refractivity contribution in [2.24, 2.45) is 5.10 Å². The molecule has 6 heavy (non-hydrogen) atoms. The standard InChI is InChI=1S/C4H7N2/c1-6-4-2-3-5-6/h3-4H,2H2,1H3. The van der Waals surface area contributed by atoms with Crippen molar-refractivity contribution >= 4 is 6.21 Å². The summed E-state index contributed by atoms with van der Waals surface area (Å²) in [6.45, 7) is 2.01. The van der Waals surface area contributed by atoms with Crippen LogP contribution in [0, 0.1) is 6.54 Å².